The van der Waals surface area contributed by atoms with Crippen molar-refractivity contribution in [3.8, 4) is 0 Å². The highest BCUT2D eigenvalue weighted by Gasteiger charge is 2.08. The van der Waals surface area contributed by atoms with Gasteiger partial charge in [0.15, 0.2) is 0 Å². The van der Waals surface area contributed by atoms with Gasteiger partial charge >= 0.3 is 0 Å². The van der Waals surface area contributed by atoms with Crippen molar-refractivity contribution in [1.29, 1.82) is 0 Å². The molecular formula is C16H21N5. The number of aryl methyl sites for hydroxylation is 2. The van der Waals surface area contributed by atoms with Gasteiger partial charge in [-0.3, -0.25) is 9.36 Å². The standard InChI is InChI=1S/C16H21N5/c1-3-21-16-7-5-4-6-14(16)15(19-21)11-17-9-8-13-10-18-20(2)12-13/h4-7,10,12,17H,3,8-9,11H2,1-2H3. The summed E-state index contributed by atoms with van der Waals surface area (Å²) in [5.74, 6) is 0. The average molecular weight is 283 g/mol. The third kappa shape index (κ3) is 2.97. The van der Waals surface area contributed by atoms with Crippen LogP contribution in [0.5, 0.6) is 0 Å². The largest absolute Gasteiger partial charge is 0.311 e. The van der Waals surface area contributed by atoms with Gasteiger partial charge in [-0.15, -0.1) is 0 Å². The van der Waals surface area contributed by atoms with E-state index < -0.39 is 0 Å². The highest BCUT2D eigenvalue weighted by molar-refractivity contribution is 5.81. The minimum atomic E-state index is 0.799. The lowest BCUT2D eigenvalue weighted by Crippen LogP contribution is -2.17. The van der Waals surface area contributed by atoms with E-state index in [4.69, 9.17) is 5.10 Å². The molecule has 1 N–H and O–H groups in total. The second-order valence-electron chi connectivity index (χ2n) is 5.23. The molecule has 0 amide bonds. The van der Waals surface area contributed by atoms with E-state index in [0.29, 0.717) is 0 Å². The van der Waals surface area contributed by atoms with Gasteiger partial charge in [0.05, 0.1) is 17.4 Å². The van der Waals surface area contributed by atoms with Crippen molar-refractivity contribution in [1.82, 2.24) is 24.9 Å². The van der Waals surface area contributed by atoms with Crippen LogP contribution in [0.15, 0.2) is 36.7 Å². The second kappa shape index (κ2) is 6.10. The minimum absolute atomic E-state index is 0.799. The van der Waals surface area contributed by atoms with Crippen LogP contribution >= 0.6 is 0 Å². The fourth-order valence-electron chi connectivity index (χ4n) is 2.61. The average Bonchev–Trinajstić information content (AvgIpc) is 3.07. The van der Waals surface area contributed by atoms with Crippen LogP contribution in [0.3, 0.4) is 0 Å². The topological polar surface area (TPSA) is 47.7 Å². The Morgan fingerprint density at radius 1 is 1.24 bits per heavy atom. The van der Waals surface area contributed by atoms with E-state index in [0.717, 1.165) is 31.7 Å². The monoisotopic (exact) mass is 283 g/mol. The Hall–Kier alpha value is -2.14. The number of benzene rings is 1. The zero-order valence-electron chi connectivity index (χ0n) is 12.6. The summed E-state index contributed by atoms with van der Waals surface area (Å²) in [6.07, 6.45) is 4.96. The first-order chi connectivity index (χ1) is 10.3. The molecule has 3 rings (SSSR count). The van der Waals surface area contributed by atoms with Crippen LogP contribution in [0.25, 0.3) is 10.9 Å². The summed E-state index contributed by atoms with van der Waals surface area (Å²) in [6.45, 7) is 4.75. The van der Waals surface area contributed by atoms with E-state index in [-0.39, 0.29) is 0 Å². The lowest BCUT2D eigenvalue weighted by molar-refractivity contribution is 0.631. The van der Waals surface area contributed by atoms with Crippen LogP contribution in [0, 0.1) is 0 Å². The zero-order chi connectivity index (χ0) is 14.7. The molecule has 0 atom stereocenters. The first-order valence-electron chi connectivity index (χ1n) is 7.40. The molecule has 0 radical (unpaired) electrons. The molecule has 110 valence electrons. The van der Waals surface area contributed by atoms with Crippen LogP contribution in [-0.2, 0) is 26.6 Å². The Bertz CT molecular complexity index is 725. The Balaban J connectivity index is 1.63. The smallest absolute Gasteiger partial charge is 0.0841 e. The molecule has 2 aromatic heterocycles. The van der Waals surface area contributed by atoms with E-state index >= 15 is 0 Å². The van der Waals surface area contributed by atoms with Crippen LogP contribution in [-0.4, -0.2) is 26.1 Å². The fourth-order valence-corrected chi connectivity index (χ4v) is 2.61. The van der Waals surface area contributed by atoms with E-state index in [1.807, 2.05) is 17.9 Å². The number of para-hydroxylation sites is 1. The predicted molar refractivity (Wildman–Crippen MR) is 84.0 cm³/mol. The van der Waals surface area contributed by atoms with Gasteiger partial charge in [0.25, 0.3) is 0 Å². The molecule has 0 saturated heterocycles. The van der Waals surface area contributed by atoms with Gasteiger partial charge in [-0.2, -0.15) is 10.2 Å². The van der Waals surface area contributed by atoms with Crippen molar-refractivity contribution in [2.24, 2.45) is 7.05 Å². The van der Waals surface area contributed by atoms with Gasteiger partial charge in [0.1, 0.15) is 0 Å². The summed E-state index contributed by atoms with van der Waals surface area (Å²) in [5.41, 5.74) is 3.59. The quantitative estimate of drug-likeness (QED) is 0.705. The molecule has 1 aromatic carbocycles. The van der Waals surface area contributed by atoms with Gasteiger partial charge in [-0.25, -0.2) is 0 Å². The Morgan fingerprint density at radius 3 is 2.86 bits per heavy atom. The number of rotatable bonds is 6. The summed E-state index contributed by atoms with van der Waals surface area (Å²) < 4.78 is 3.90. The Morgan fingerprint density at radius 2 is 2.10 bits per heavy atom. The highest BCUT2D eigenvalue weighted by Crippen LogP contribution is 2.18. The normalized spacial score (nSPS) is 11.3. The number of nitrogens with zero attached hydrogens (tertiary/aromatic N) is 4. The maximum Gasteiger partial charge on any atom is 0.0841 e. The Kier molecular flexibility index (Phi) is 4.01. The van der Waals surface area contributed by atoms with Crippen LogP contribution < -0.4 is 5.32 Å². The summed E-state index contributed by atoms with van der Waals surface area (Å²) in [7, 11) is 1.94. The summed E-state index contributed by atoms with van der Waals surface area (Å²) in [6, 6.07) is 8.41. The SMILES string of the molecule is CCn1nc(CNCCc2cnn(C)c2)c2ccccc21. The third-order valence-electron chi connectivity index (χ3n) is 3.68. The lowest BCUT2D eigenvalue weighted by atomic mass is 10.2. The van der Waals surface area contributed by atoms with E-state index in [9.17, 15) is 0 Å². The second-order valence-corrected chi connectivity index (χ2v) is 5.23. The molecule has 0 aliphatic carbocycles. The van der Waals surface area contributed by atoms with Crippen LogP contribution in [0.2, 0.25) is 0 Å². The van der Waals surface area contributed by atoms with E-state index in [1.54, 1.807) is 0 Å². The molecule has 0 aliphatic heterocycles. The maximum absolute atomic E-state index is 4.69. The third-order valence-corrected chi connectivity index (χ3v) is 3.68. The molecule has 0 fully saturated rings. The zero-order valence-corrected chi connectivity index (χ0v) is 12.6. The molecule has 0 unspecified atom stereocenters. The molecule has 2 heterocycles. The van der Waals surface area contributed by atoms with Crippen molar-refractivity contribution < 1.29 is 0 Å². The van der Waals surface area contributed by atoms with Crippen molar-refractivity contribution in [2.45, 2.75) is 26.4 Å². The molecular weight excluding hydrogens is 262 g/mol. The molecule has 0 spiro atoms. The number of fused-ring (bicyclic) bond motifs is 1. The lowest BCUT2D eigenvalue weighted by Gasteiger charge is -2.01. The molecule has 0 saturated carbocycles. The number of nitrogens with one attached hydrogen (secondary N) is 1. The van der Waals surface area contributed by atoms with Gasteiger partial charge in [0.2, 0.25) is 0 Å². The Labute approximate surface area is 124 Å². The van der Waals surface area contributed by atoms with Crippen molar-refractivity contribution >= 4 is 10.9 Å². The number of hydrogen-bond acceptors (Lipinski definition) is 3. The number of hydrogen-bond donors (Lipinski definition) is 1. The molecule has 0 bridgehead atoms. The molecule has 5 heteroatoms. The van der Waals surface area contributed by atoms with Crippen LogP contribution in [0.1, 0.15) is 18.2 Å². The minimum Gasteiger partial charge on any atom is -0.311 e. The highest BCUT2D eigenvalue weighted by atomic mass is 15.3. The fraction of sp³-hybridized carbons (Fsp3) is 0.375. The summed E-state index contributed by atoms with van der Waals surface area (Å²) >= 11 is 0. The molecule has 21 heavy (non-hydrogen) atoms. The van der Waals surface area contributed by atoms with Gasteiger partial charge in [-0.05, 0) is 31.5 Å². The van der Waals surface area contributed by atoms with Crippen molar-refractivity contribution in [3.05, 3.63) is 47.9 Å². The van der Waals surface area contributed by atoms with Gasteiger partial charge in [-0.1, -0.05) is 18.2 Å². The summed E-state index contributed by atoms with van der Waals surface area (Å²) in [5, 5.41) is 13.6. The predicted octanol–water partition coefficient (Wildman–Crippen LogP) is 2.12. The maximum atomic E-state index is 4.69. The molecule has 3 aromatic rings. The van der Waals surface area contributed by atoms with Gasteiger partial charge in [0, 0.05) is 31.7 Å². The van der Waals surface area contributed by atoms with E-state index in [2.05, 4.69) is 52.5 Å². The van der Waals surface area contributed by atoms with Crippen molar-refractivity contribution in [2.75, 3.05) is 6.54 Å². The molecule has 5 nitrogen and oxygen atoms in total. The first kappa shape index (κ1) is 13.8. The van der Waals surface area contributed by atoms with Gasteiger partial charge < -0.3 is 5.32 Å². The summed E-state index contributed by atoms with van der Waals surface area (Å²) in [4.78, 5) is 0. The first-order valence-corrected chi connectivity index (χ1v) is 7.40. The van der Waals surface area contributed by atoms with Crippen molar-refractivity contribution in [3.63, 3.8) is 0 Å². The van der Waals surface area contributed by atoms with Crippen LogP contribution in [0.4, 0.5) is 0 Å². The molecule has 0 aliphatic rings. The number of aromatic nitrogens is 4. The van der Waals surface area contributed by atoms with E-state index in [1.165, 1.54) is 16.5 Å².